The van der Waals surface area contributed by atoms with Crippen molar-refractivity contribution in [3.8, 4) is 24.7 Å². The third kappa shape index (κ3) is 2.24. The van der Waals surface area contributed by atoms with Gasteiger partial charge >= 0.3 is 0 Å². The van der Waals surface area contributed by atoms with E-state index in [9.17, 15) is 4.79 Å². The van der Waals surface area contributed by atoms with E-state index in [2.05, 4.69) is 29.0 Å². The van der Waals surface area contributed by atoms with Crippen molar-refractivity contribution >= 4 is 17.3 Å². The van der Waals surface area contributed by atoms with Crippen molar-refractivity contribution in [3.63, 3.8) is 0 Å². The molecule has 0 atom stereocenters. The Morgan fingerprint density at radius 3 is 2.36 bits per heavy atom. The first-order valence-electron chi connectivity index (χ1n) is 7.00. The van der Waals surface area contributed by atoms with Crippen LogP contribution in [0, 0.1) is 24.7 Å². The van der Waals surface area contributed by atoms with Crippen LogP contribution in [0.5, 0.6) is 0 Å². The number of hydrogen-bond acceptors (Lipinski definition) is 2. The van der Waals surface area contributed by atoms with Gasteiger partial charge in [-0.2, -0.15) is 0 Å². The molecule has 3 nitrogen and oxygen atoms in total. The number of benzene rings is 1. The van der Waals surface area contributed by atoms with Crippen LogP contribution in [-0.2, 0) is 4.79 Å². The number of hydrogen-bond donors (Lipinski definition) is 0. The first kappa shape index (κ1) is 13.9. The van der Waals surface area contributed by atoms with Gasteiger partial charge in [-0.05, 0) is 31.0 Å². The van der Waals surface area contributed by atoms with Gasteiger partial charge in [0, 0.05) is 29.4 Å². The molecule has 0 spiro atoms. The zero-order chi connectivity index (χ0) is 15.7. The summed E-state index contributed by atoms with van der Waals surface area (Å²) in [7, 11) is 1.76. The Hall–Kier alpha value is -3.04. The van der Waals surface area contributed by atoms with E-state index in [4.69, 9.17) is 12.8 Å². The van der Waals surface area contributed by atoms with Crippen molar-refractivity contribution in [2.75, 3.05) is 7.05 Å². The molecule has 2 aliphatic rings. The van der Waals surface area contributed by atoms with Crippen LogP contribution < -0.4 is 0 Å². The van der Waals surface area contributed by atoms with Gasteiger partial charge in [0.15, 0.2) is 0 Å². The van der Waals surface area contributed by atoms with E-state index in [-0.39, 0.29) is 5.91 Å². The second kappa shape index (κ2) is 5.39. The van der Waals surface area contributed by atoms with Gasteiger partial charge in [-0.25, -0.2) is 4.99 Å². The molecule has 0 bridgehead atoms. The Bertz CT molecular complexity index is 809. The summed E-state index contributed by atoms with van der Waals surface area (Å²) in [6.45, 7) is 0. The highest BCUT2D eigenvalue weighted by atomic mass is 16.2. The van der Waals surface area contributed by atoms with Crippen molar-refractivity contribution in [1.29, 1.82) is 0 Å². The Morgan fingerprint density at radius 1 is 1.09 bits per heavy atom. The average Bonchev–Trinajstić information content (AvgIpc) is 2.80. The Balaban J connectivity index is 2.12. The molecule has 22 heavy (non-hydrogen) atoms. The molecular weight excluding hydrogens is 272 g/mol. The van der Waals surface area contributed by atoms with Crippen molar-refractivity contribution < 1.29 is 4.79 Å². The number of likely N-dealkylation sites (tertiary alicyclic amines) is 1. The molecule has 0 aromatic heterocycles. The minimum absolute atomic E-state index is 0.104. The first-order valence-corrected chi connectivity index (χ1v) is 7.00. The SMILES string of the molecule is C#Cc1cc(C#C)cc(N=C2C(=O)N(C)C3=CCCC=C32)c1. The van der Waals surface area contributed by atoms with E-state index in [1.54, 1.807) is 30.1 Å². The molecule has 106 valence electrons. The largest absolute Gasteiger partial charge is 0.310 e. The molecule has 1 heterocycles. The predicted octanol–water partition coefficient (Wildman–Crippen LogP) is 2.80. The van der Waals surface area contributed by atoms with Gasteiger partial charge in [0.25, 0.3) is 5.91 Å². The molecule has 1 aliphatic heterocycles. The molecule has 0 N–H and O–H groups in total. The van der Waals surface area contributed by atoms with E-state index < -0.39 is 0 Å². The lowest BCUT2D eigenvalue weighted by molar-refractivity contribution is -0.120. The zero-order valence-electron chi connectivity index (χ0n) is 12.3. The van der Waals surface area contributed by atoms with E-state index in [0.717, 1.165) is 24.1 Å². The summed E-state index contributed by atoms with van der Waals surface area (Å²) in [5.74, 6) is 5.01. The molecule has 1 fully saturated rings. The summed E-state index contributed by atoms with van der Waals surface area (Å²) in [5, 5.41) is 0. The van der Waals surface area contributed by atoms with Crippen LogP contribution >= 0.6 is 0 Å². The number of amides is 1. The maximum atomic E-state index is 12.4. The minimum atomic E-state index is -0.104. The molecule has 1 aromatic rings. The molecule has 3 heteroatoms. The van der Waals surface area contributed by atoms with Crippen molar-refractivity contribution in [2.45, 2.75) is 12.8 Å². The molecule has 1 saturated heterocycles. The third-order valence-electron chi connectivity index (χ3n) is 3.74. The Kier molecular flexibility index (Phi) is 3.41. The van der Waals surface area contributed by atoms with Gasteiger partial charge in [-0.3, -0.25) is 4.79 Å². The lowest BCUT2D eigenvalue weighted by Crippen LogP contribution is -2.21. The van der Waals surface area contributed by atoms with Crippen molar-refractivity contribution in [1.82, 2.24) is 4.90 Å². The standard InChI is InChI=1S/C19H14N2O/c1-4-13-10-14(5-2)12-15(11-13)20-18-16-8-6-7-9-17(16)21(3)19(18)22/h1-2,8-12H,6-7H2,3H3. The van der Waals surface area contributed by atoms with Gasteiger partial charge in [-0.1, -0.05) is 24.0 Å². The van der Waals surface area contributed by atoms with Gasteiger partial charge in [0.1, 0.15) is 5.71 Å². The highest BCUT2D eigenvalue weighted by Crippen LogP contribution is 2.31. The van der Waals surface area contributed by atoms with E-state index >= 15 is 0 Å². The highest BCUT2D eigenvalue weighted by molar-refractivity contribution is 6.50. The summed E-state index contributed by atoms with van der Waals surface area (Å²) in [5.41, 5.74) is 4.19. The second-order valence-electron chi connectivity index (χ2n) is 5.17. The van der Waals surface area contributed by atoms with Crippen molar-refractivity contribution in [3.05, 3.63) is 52.7 Å². The monoisotopic (exact) mass is 286 g/mol. The average molecular weight is 286 g/mol. The van der Waals surface area contributed by atoms with Crippen LogP contribution in [0.4, 0.5) is 5.69 Å². The molecule has 1 aromatic carbocycles. The Labute approximate surface area is 130 Å². The Morgan fingerprint density at radius 2 is 1.73 bits per heavy atom. The lowest BCUT2D eigenvalue weighted by Gasteiger charge is -2.12. The van der Waals surface area contributed by atoms with Gasteiger partial charge < -0.3 is 4.90 Å². The number of likely N-dealkylation sites (N-methyl/N-ethyl adjacent to an activating group) is 1. The topological polar surface area (TPSA) is 32.7 Å². The maximum Gasteiger partial charge on any atom is 0.277 e. The quantitative estimate of drug-likeness (QED) is 0.731. The van der Waals surface area contributed by atoms with Gasteiger partial charge in [0.05, 0.1) is 5.69 Å². The van der Waals surface area contributed by atoms with Crippen molar-refractivity contribution in [2.24, 2.45) is 4.99 Å². The number of allylic oxidation sites excluding steroid dienone is 3. The second-order valence-corrected chi connectivity index (χ2v) is 5.17. The molecule has 3 rings (SSSR count). The van der Waals surface area contributed by atoms with E-state index in [0.29, 0.717) is 22.5 Å². The number of aliphatic imine (C=N–C) groups is 1. The van der Waals surface area contributed by atoms with E-state index in [1.807, 2.05) is 0 Å². The van der Waals surface area contributed by atoms with Crippen LogP contribution in [0.25, 0.3) is 0 Å². The van der Waals surface area contributed by atoms with Gasteiger partial charge in [0.2, 0.25) is 0 Å². The third-order valence-corrected chi connectivity index (χ3v) is 3.74. The molecule has 1 aliphatic carbocycles. The number of rotatable bonds is 1. The molecule has 0 unspecified atom stereocenters. The lowest BCUT2D eigenvalue weighted by atomic mass is 10.0. The summed E-state index contributed by atoms with van der Waals surface area (Å²) in [6, 6.07) is 5.26. The number of fused-ring (bicyclic) bond motifs is 1. The van der Waals surface area contributed by atoms with Crippen LogP contribution in [0.15, 0.2) is 46.6 Å². The summed E-state index contributed by atoms with van der Waals surface area (Å²) < 4.78 is 0. The molecular formula is C19H14N2O. The zero-order valence-corrected chi connectivity index (χ0v) is 12.3. The number of terminal acetylenes is 2. The number of nitrogens with zero attached hydrogens (tertiary/aromatic N) is 2. The highest BCUT2D eigenvalue weighted by Gasteiger charge is 2.35. The summed E-state index contributed by atoms with van der Waals surface area (Å²) in [4.78, 5) is 18.6. The summed E-state index contributed by atoms with van der Waals surface area (Å²) in [6.07, 6.45) is 16.9. The van der Waals surface area contributed by atoms with Crippen LogP contribution in [0.1, 0.15) is 24.0 Å². The van der Waals surface area contributed by atoms with Crippen LogP contribution in [0.3, 0.4) is 0 Å². The van der Waals surface area contributed by atoms with Gasteiger partial charge in [-0.15, -0.1) is 12.8 Å². The molecule has 0 saturated carbocycles. The molecule has 1 amide bonds. The van der Waals surface area contributed by atoms with Crippen LogP contribution in [-0.4, -0.2) is 23.6 Å². The smallest absolute Gasteiger partial charge is 0.277 e. The maximum absolute atomic E-state index is 12.4. The number of carbonyl (C=O) groups is 1. The fourth-order valence-corrected chi connectivity index (χ4v) is 2.66. The fraction of sp³-hybridized carbons (Fsp3) is 0.158. The van der Waals surface area contributed by atoms with Crippen LogP contribution in [0.2, 0.25) is 0 Å². The predicted molar refractivity (Wildman–Crippen MR) is 87.6 cm³/mol. The minimum Gasteiger partial charge on any atom is -0.310 e. The van der Waals surface area contributed by atoms with E-state index in [1.165, 1.54) is 0 Å². The number of carbonyl (C=O) groups excluding carboxylic acids is 1. The fourth-order valence-electron chi connectivity index (χ4n) is 2.66. The normalized spacial score (nSPS) is 18.4. The summed E-state index contributed by atoms with van der Waals surface area (Å²) >= 11 is 0. The first-order chi connectivity index (χ1) is 10.6. The molecule has 0 radical (unpaired) electrons.